The zero-order valence-corrected chi connectivity index (χ0v) is 11.6. The maximum absolute atomic E-state index is 12.0. The SMILES string of the molecule is C=C[C@H]1C[C@]1(C(=O)OC)N(C)C(=O)OC(C)(C)C. The Bertz CT molecular complexity index is 372. The van der Waals surface area contributed by atoms with Gasteiger partial charge in [0.05, 0.1) is 7.11 Å². The molecule has 102 valence electrons. The van der Waals surface area contributed by atoms with E-state index in [1.165, 1.54) is 12.0 Å². The molecule has 0 N–H and O–H groups in total. The molecular weight excluding hydrogens is 234 g/mol. The quantitative estimate of drug-likeness (QED) is 0.571. The van der Waals surface area contributed by atoms with Gasteiger partial charge < -0.3 is 9.47 Å². The molecule has 0 spiro atoms. The van der Waals surface area contributed by atoms with Crippen LogP contribution in [0.3, 0.4) is 0 Å². The number of nitrogens with zero attached hydrogens (tertiary/aromatic N) is 1. The molecule has 0 radical (unpaired) electrons. The summed E-state index contributed by atoms with van der Waals surface area (Å²) in [4.78, 5) is 25.2. The van der Waals surface area contributed by atoms with Gasteiger partial charge in [-0.25, -0.2) is 9.59 Å². The monoisotopic (exact) mass is 255 g/mol. The van der Waals surface area contributed by atoms with Crippen molar-refractivity contribution in [3.05, 3.63) is 12.7 Å². The molecule has 1 amide bonds. The minimum Gasteiger partial charge on any atom is -0.467 e. The topological polar surface area (TPSA) is 55.8 Å². The van der Waals surface area contributed by atoms with E-state index in [2.05, 4.69) is 6.58 Å². The third kappa shape index (κ3) is 2.49. The highest BCUT2D eigenvalue weighted by atomic mass is 16.6. The standard InChI is InChI=1S/C13H21NO4/c1-7-9-8-13(9,10(15)17-6)14(5)11(16)18-12(2,3)4/h7,9H,1,8H2,2-6H3/t9-,13-/m0/s1. The van der Waals surface area contributed by atoms with E-state index >= 15 is 0 Å². The first kappa shape index (κ1) is 14.5. The van der Waals surface area contributed by atoms with E-state index in [0.29, 0.717) is 6.42 Å². The fourth-order valence-electron chi connectivity index (χ4n) is 1.98. The second kappa shape index (κ2) is 4.63. The van der Waals surface area contributed by atoms with E-state index in [1.807, 2.05) is 0 Å². The number of ether oxygens (including phenoxy) is 2. The summed E-state index contributed by atoms with van der Waals surface area (Å²) in [5.74, 6) is -0.511. The third-order valence-corrected chi connectivity index (χ3v) is 3.07. The molecular formula is C13H21NO4. The van der Waals surface area contributed by atoms with E-state index in [-0.39, 0.29) is 5.92 Å². The third-order valence-electron chi connectivity index (χ3n) is 3.07. The molecule has 0 bridgehead atoms. The summed E-state index contributed by atoms with van der Waals surface area (Å²) in [6, 6.07) is 0. The molecule has 0 aromatic heterocycles. The van der Waals surface area contributed by atoms with Gasteiger partial charge in [0, 0.05) is 13.0 Å². The summed E-state index contributed by atoms with van der Waals surface area (Å²) in [6.45, 7) is 9.00. The van der Waals surface area contributed by atoms with Crippen LogP contribution < -0.4 is 0 Å². The van der Waals surface area contributed by atoms with Gasteiger partial charge in [-0.05, 0) is 27.2 Å². The van der Waals surface area contributed by atoms with Crippen molar-refractivity contribution in [1.29, 1.82) is 0 Å². The molecule has 5 nitrogen and oxygen atoms in total. The van der Waals surface area contributed by atoms with Crippen LogP contribution in [0.15, 0.2) is 12.7 Å². The van der Waals surface area contributed by atoms with E-state index < -0.39 is 23.2 Å². The van der Waals surface area contributed by atoms with Gasteiger partial charge in [0.1, 0.15) is 11.1 Å². The van der Waals surface area contributed by atoms with Crippen molar-refractivity contribution in [2.75, 3.05) is 14.2 Å². The first-order chi connectivity index (χ1) is 8.19. The van der Waals surface area contributed by atoms with Crippen molar-refractivity contribution < 1.29 is 19.1 Å². The average Bonchev–Trinajstić information content (AvgIpc) is 3.00. The van der Waals surface area contributed by atoms with Crippen LogP contribution in [0.4, 0.5) is 4.79 Å². The number of carbonyl (C=O) groups excluding carboxylic acids is 2. The Kier molecular flexibility index (Phi) is 3.74. The minimum atomic E-state index is -0.946. The lowest BCUT2D eigenvalue weighted by atomic mass is 10.1. The molecule has 0 unspecified atom stereocenters. The normalized spacial score (nSPS) is 26.2. The Morgan fingerprint density at radius 1 is 1.44 bits per heavy atom. The molecule has 1 aliphatic carbocycles. The van der Waals surface area contributed by atoms with Gasteiger partial charge in [-0.2, -0.15) is 0 Å². The minimum absolute atomic E-state index is 0.0810. The molecule has 2 atom stereocenters. The molecule has 0 aromatic rings. The van der Waals surface area contributed by atoms with E-state index in [0.717, 1.165) is 0 Å². The molecule has 0 heterocycles. The number of rotatable bonds is 3. The van der Waals surface area contributed by atoms with Crippen molar-refractivity contribution in [2.24, 2.45) is 5.92 Å². The highest BCUT2D eigenvalue weighted by molar-refractivity contribution is 5.90. The van der Waals surface area contributed by atoms with Crippen LogP contribution in [0, 0.1) is 5.92 Å². The smallest absolute Gasteiger partial charge is 0.411 e. The summed E-state index contributed by atoms with van der Waals surface area (Å²) in [5.41, 5.74) is -1.54. The molecule has 1 saturated carbocycles. The van der Waals surface area contributed by atoms with Crippen LogP contribution >= 0.6 is 0 Å². The van der Waals surface area contributed by atoms with E-state index in [4.69, 9.17) is 9.47 Å². The van der Waals surface area contributed by atoms with Crippen LogP contribution in [0.2, 0.25) is 0 Å². The van der Waals surface area contributed by atoms with Gasteiger partial charge in [0.15, 0.2) is 0 Å². The van der Waals surface area contributed by atoms with Crippen LogP contribution in [0.5, 0.6) is 0 Å². The maximum atomic E-state index is 12.0. The number of likely N-dealkylation sites (N-methyl/N-ethyl adjacent to an activating group) is 1. The summed E-state index contributed by atoms with van der Waals surface area (Å²) >= 11 is 0. The Morgan fingerprint density at radius 2 is 2.00 bits per heavy atom. The maximum Gasteiger partial charge on any atom is 0.411 e. The summed E-state index contributed by atoms with van der Waals surface area (Å²) in [5, 5.41) is 0. The fourth-order valence-corrected chi connectivity index (χ4v) is 1.98. The highest BCUT2D eigenvalue weighted by Gasteiger charge is 2.64. The summed E-state index contributed by atoms with van der Waals surface area (Å²) < 4.78 is 10.0. The fraction of sp³-hybridized carbons (Fsp3) is 0.692. The van der Waals surface area contributed by atoms with Gasteiger partial charge >= 0.3 is 12.1 Å². The van der Waals surface area contributed by atoms with Crippen molar-refractivity contribution in [3.63, 3.8) is 0 Å². The van der Waals surface area contributed by atoms with Crippen LogP contribution in [0.1, 0.15) is 27.2 Å². The summed E-state index contributed by atoms with van der Waals surface area (Å²) in [7, 11) is 2.86. The zero-order valence-electron chi connectivity index (χ0n) is 11.6. The van der Waals surface area contributed by atoms with Gasteiger partial charge in [-0.1, -0.05) is 6.08 Å². The Morgan fingerprint density at radius 3 is 2.33 bits per heavy atom. The number of amides is 1. The molecule has 0 saturated heterocycles. The Labute approximate surface area is 108 Å². The number of carbonyl (C=O) groups is 2. The lowest BCUT2D eigenvalue weighted by molar-refractivity contribution is -0.148. The first-order valence-corrected chi connectivity index (χ1v) is 5.87. The largest absolute Gasteiger partial charge is 0.467 e. The van der Waals surface area contributed by atoms with Crippen molar-refractivity contribution >= 4 is 12.1 Å². The van der Waals surface area contributed by atoms with Gasteiger partial charge in [-0.15, -0.1) is 6.58 Å². The first-order valence-electron chi connectivity index (χ1n) is 5.87. The predicted octanol–water partition coefficient (Wildman–Crippen LogP) is 1.97. The van der Waals surface area contributed by atoms with Crippen molar-refractivity contribution in [3.8, 4) is 0 Å². The molecule has 1 fully saturated rings. The van der Waals surface area contributed by atoms with Crippen LogP contribution in [-0.2, 0) is 14.3 Å². The molecule has 5 heteroatoms. The lowest BCUT2D eigenvalue weighted by Gasteiger charge is -2.29. The van der Waals surface area contributed by atoms with Crippen LogP contribution in [0.25, 0.3) is 0 Å². The Balaban J connectivity index is 2.86. The zero-order chi connectivity index (χ0) is 14.1. The molecule has 1 rings (SSSR count). The van der Waals surface area contributed by atoms with Crippen molar-refractivity contribution in [2.45, 2.75) is 38.3 Å². The van der Waals surface area contributed by atoms with Gasteiger partial charge in [0.25, 0.3) is 0 Å². The highest BCUT2D eigenvalue weighted by Crippen LogP contribution is 2.50. The number of esters is 1. The summed E-state index contributed by atoms with van der Waals surface area (Å²) in [6.07, 6.45) is 1.66. The number of hydrogen-bond acceptors (Lipinski definition) is 4. The molecule has 0 aliphatic heterocycles. The predicted molar refractivity (Wildman–Crippen MR) is 67.0 cm³/mol. The number of hydrogen-bond donors (Lipinski definition) is 0. The van der Waals surface area contributed by atoms with Crippen molar-refractivity contribution in [1.82, 2.24) is 4.90 Å². The molecule has 1 aliphatic rings. The van der Waals surface area contributed by atoms with Gasteiger partial charge in [-0.3, -0.25) is 4.90 Å². The van der Waals surface area contributed by atoms with Crippen LogP contribution in [-0.4, -0.2) is 42.3 Å². The second-order valence-corrected chi connectivity index (χ2v) is 5.50. The second-order valence-electron chi connectivity index (χ2n) is 5.50. The number of methoxy groups -OCH3 is 1. The van der Waals surface area contributed by atoms with Gasteiger partial charge in [0.2, 0.25) is 0 Å². The molecule has 0 aromatic carbocycles. The van der Waals surface area contributed by atoms with E-state index in [9.17, 15) is 9.59 Å². The average molecular weight is 255 g/mol. The Hall–Kier alpha value is -1.52. The van der Waals surface area contributed by atoms with E-state index in [1.54, 1.807) is 33.9 Å². The lowest BCUT2D eigenvalue weighted by Crippen LogP contribution is -2.48. The molecule has 18 heavy (non-hydrogen) atoms.